The Bertz CT molecular complexity index is 711. The second kappa shape index (κ2) is 5.14. The molecule has 4 N–H and O–H groups in total. The molecule has 0 aliphatic carbocycles. The molecular weight excluding hydrogens is 280 g/mol. The highest BCUT2D eigenvalue weighted by Crippen LogP contribution is 2.31. The lowest BCUT2D eigenvalue weighted by Crippen LogP contribution is -2.32. The van der Waals surface area contributed by atoms with Crippen LogP contribution in [0.25, 0.3) is 21.6 Å². The van der Waals surface area contributed by atoms with Crippen molar-refractivity contribution in [3.63, 3.8) is 0 Å². The molecule has 4 atom stereocenters. The average molecular weight is 292 g/mol. The predicted molar refractivity (Wildman–Crippen MR) is 69.7 cm³/mol. The van der Waals surface area contributed by atoms with E-state index < -0.39 is 24.5 Å². The number of aliphatic hydroxyl groups excluding tert-OH is 2. The average Bonchev–Trinajstić information content (AvgIpc) is 3.02. The van der Waals surface area contributed by atoms with Crippen molar-refractivity contribution in [1.82, 2.24) is 19.5 Å². The van der Waals surface area contributed by atoms with E-state index in [0.29, 0.717) is 11.2 Å². The summed E-state index contributed by atoms with van der Waals surface area (Å²) in [5.74, 6) is 0.206. The first-order valence-electron chi connectivity index (χ1n) is 6.09. The maximum atomic E-state index is 10.1. The molecule has 0 amide bonds. The van der Waals surface area contributed by atoms with E-state index in [9.17, 15) is 10.2 Å². The molecule has 0 bridgehead atoms. The van der Waals surface area contributed by atoms with E-state index in [4.69, 9.17) is 16.0 Å². The zero-order chi connectivity index (χ0) is 15.0. The molecule has 1 aliphatic rings. The summed E-state index contributed by atoms with van der Waals surface area (Å²) in [6, 6.07) is 0. The minimum atomic E-state index is -1.21. The van der Waals surface area contributed by atoms with Crippen LogP contribution < -0.4 is 5.73 Å². The number of imidazole rings is 1. The molecule has 0 saturated carbocycles. The summed E-state index contributed by atoms with van der Waals surface area (Å²) in [7, 11) is 0. The topological polar surface area (TPSA) is 168 Å². The number of aliphatic hydroxyl groups is 2. The van der Waals surface area contributed by atoms with Gasteiger partial charge in [0.15, 0.2) is 17.7 Å². The van der Waals surface area contributed by atoms with Crippen LogP contribution in [0.3, 0.4) is 0 Å². The highest BCUT2D eigenvalue weighted by molar-refractivity contribution is 5.81. The lowest BCUT2D eigenvalue weighted by molar-refractivity contribution is -0.0321. The molecule has 0 aromatic carbocycles. The Morgan fingerprint density at radius 1 is 1.38 bits per heavy atom. The van der Waals surface area contributed by atoms with Crippen molar-refractivity contribution in [1.29, 1.82) is 0 Å². The third-order valence-electron chi connectivity index (χ3n) is 3.32. The number of hydrogen-bond donors (Lipinski definition) is 3. The van der Waals surface area contributed by atoms with E-state index in [2.05, 4.69) is 25.0 Å². The second-order valence-corrected chi connectivity index (χ2v) is 4.54. The third-order valence-corrected chi connectivity index (χ3v) is 3.32. The van der Waals surface area contributed by atoms with Gasteiger partial charge < -0.3 is 20.7 Å². The molecule has 0 spiro atoms. The monoisotopic (exact) mass is 292 g/mol. The first-order chi connectivity index (χ1) is 10.1. The fraction of sp³-hybridized carbons (Fsp3) is 0.500. The predicted octanol–water partition coefficient (Wildman–Crippen LogP) is -0.662. The second-order valence-electron chi connectivity index (χ2n) is 4.54. The van der Waals surface area contributed by atoms with E-state index in [1.807, 2.05) is 0 Å². The summed E-state index contributed by atoms with van der Waals surface area (Å²) >= 11 is 0. The number of nitrogen functional groups attached to an aromatic ring is 1. The highest BCUT2D eigenvalue weighted by atomic mass is 16.6. The molecule has 1 aliphatic heterocycles. The standard InChI is InChI=1S/C10H12N8O3/c11-8-5-9(14-2-13-8)18(3-15-5)10-7(20)6(19)4(21-10)1-16-17-12/h2-4,6-7,10,19-20H,1H2,(H2,11,13,14)/t4-,6-,7+,10-/m1/s1. The molecule has 21 heavy (non-hydrogen) atoms. The van der Waals surface area contributed by atoms with E-state index in [0.717, 1.165) is 0 Å². The van der Waals surface area contributed by atoms with Crippen LogP contribution in [0.15, 0.2) is 17.8 Å². The van der Waals surface area contributed by atoms with Crippen LogP contribution in [0.5, 0.6) is 0 Å². The number of nitrogens with two attached hydrogens (primary N) is 1. The summed E-state index contributed by atoms with van der Waals surface area (Å²) in [5.41, 5.74) is 14.8. The Hall–Kier alpha value is -2.46. The molecule has 3 rings (SSSR count). The summed E-state index contributed by atoms with van der Waals surface area (Å²) < 4.78 is 6.99. The number of aromatic nitrogens is 4. The van der Waals surface area contributed by atoms with Gasteiger partial charge in [0.05, 0.1) is 19.0 Å². The molecule has 2 aromatic heterocycles. The number of fused-ring (bicyclic) bond motifs is 1. The van der Waals surface area contributed by atoms with Gasteiger partial charge in [-0.05, 0) is 5.53 Å². The van der Waals surface area contributed by atoms with Crippen LogP contribution in [0.1, 0.15) is 6.23 Å². The van der Waals surface area contributed by atoms with E-state index in [-0.39, 0.29) is 12.4 Å². The van der Waals surface area contributed by atoms with Gasteiger partial charge in [0, 0.05) is 4.91 Å². The van der Waals surface area contributed by atoms with E-state index >= 15 is 0 Å². The molecule has 110 valence electrons. The molecule has 0 unspecified atom stereocenters. The lowest BCUT2D eigenvalue weighted by Gasteiger charge is -2.16. The number of anilines is 1. The molecule has 11 nitrogen and oxygen atoms in total. The Balaban J connectivity index is 1.95. The van der Waals surface area contributed by atoms with Gasteiger partial charge in [-0.15, -0.1) is 0 Å². The van der Waals surface area contributed by atoms with Crippen molar-refractivity contribution in [2.24, 2.45) is 5.11 Å². The number of azide groups is 1. The minimum absolute atomic E-state index is 0.0883. The van der Waals surface area contributed by atoms with Crippen molar-refractivity contribution in [2.45, 2.75) is 24.5 Å². The Morgan fingerprint density at radius 2 is 2.19 bits per heavy atom. The SMILES string of the molecule is [N-]=[N+]=NC[C@H]1O[C@@H](n2cnc3c(N)ncnc32)[C@@H](O)[C@@H]1O. The van der Waals surface area contributed by atoms with Crippen molar-refractivity contribution in [2.75, 3.05) is 12.3 Å². The molecule has 0 radical (unpaired) electrons. The quantitative estimate of drug-likeness (QED) is 0.383. The summed E-state index contributed by atoms with van der Waals surface area (Å²) in [5, 5.41) is 23.4. The van der Waals surface area contributed by atoms with Gasteiger partial charge in [0.25, 0.3) is 0 Å². The van der Waals surface area contributed by atoms with Crippen LogP contribution in [0, 0.1) is 0 Å². The van der Waals surface area contributed by atoms with E-state index in [1.54, 1.807) is 0 Å². The first-order valence-corrected chi connectivity index (χ1v) is 6.09. The summed E-state index contributed by atoms with van der Waals surface area (Å²) in [6.45, 7) is -0.0883. The summed E-state index contributed by atoms with van der Waals surface area (Å²) in [6.07, 6.45) is -1.44. The van der Waals surface area contributed by atoms with Gasteiger partial charge in [0.1, 0.15) is 24.1 Å². The summed E-state index contributed by atoms with van der Waals surface area (Å²) in [4.78, 5) is 14.5. The number of rotatable bonds is 3. The van der Waals surface area contributed by atoms with Crippen molar-refractivity contribution < 1.29 is 14.9 Å². The van der Waals surface area contributed by atoms with E-state index in [1.165, 1.54) is 17.2 Å². The zero-order valence-corrected chi connectivity index (χ0v) is 10.7. The number of hydrogen-bond acceptors (Lipinski definition) is 8. The van der Waals surface area contributed by atoms with Crippen LogP contribution >= 0.6 is 0 Å². The zero-order valence-electron chi connectivity index (χ0n) is 10.7. The molecular formula is C10H12N8O3. The van der Waals surface area contributed by atoms with Crippen molar-refractivity contribution >= 4 is 17.0 Å². The maximum Gasteiger partial charge on any atom is 0.167 e. The first kappa shape index (κ1) is 13.5. The van der Waals surface area contributed by atoms with Gasteiger partial charge in [0.2, 0.25) is 0 Å². The maximum absolute atomic E-state index is 10.1. The van der Waals surface area contributed by atoms with Crippen molar-refractivity contribution in [3.05, 3.63) is 23.1 Å². The fourth-order valence-electron chi connectivity index (χ4n) is 2.28. The van der Waals surface area contributed by atoms with Gasteiger partial charge >= 0.3 is 0 Å². The molecule has 1 fully saturated rings. The van der Waals surface area contributed by atoms with Crippen molar-refractivity contribution in [3.8, 4) is 0 Å². The Morgan fingerprint density at radius 3 is 2.95 bits per heavy atom. The largest absolute Gasteiger partial charge is 0.388 e. The van der Waals surface area contributed by atoms with Gasteiger partial charge in [-0.2, -0.15) is 0 Å². The Labute approximate surface area is 117 Å². The highest BCUT2D eigenvalue weighted by Gasteiger charge is 2.43. The third kappa shape index (κ3) is 2.14. The van der Waals surface area contributed by atoms with Crippen LogP contribution in [0.2, 0.25) is 0 Å². The van der Waals surface area contributed by atoms with Gasteiger partial charge in [-0.1, -0.05) is 5.11 Å². The molecule has 1 saturated heterocycles. The number of ether oxygens (including phenoxy) is 1. The fourth-order valence-corrected chi connectivity index (χ4v) is 2.28. The molecule has 2 aromatic rings. The van der Waals surface area contributed by atoms with Crippen LogP contribution in [0.4, 0.5) is 5.82 Å². The van der Waals surface area contributed by atoms with Crippen LogP contribution in [-0.4, -0.2) is 54.6 Å². The minimum Gasteiger partial charge on any atom is -0.388 e. The van der Waals surface area contributed by atoms with Crippen LogP contribution in [-0.2, 0) is 4.74 Å². The Kier molecular flexibility index (Phi) is 3.31. The van der Waals surface area contributed by atoms with Gasteiger partial charge in [-0.25, -0.2) is 15.0 Å². The normalized spacial score (nSPS) is 28.7. The van der Waals surface area contributed by atoms with Gasteiger partial charge in [-0.3, -0.25) is 4.57 Å². The smallest absolute Gasteiger partial charge is 0.167 e. The molecule has 3 heterocycles. The lowest BCUT2D eigenvalue weighted by atomic mass is 10.1. The molecule has 11 heteroatoms. The number of nitrogens with zero attached hydrogens (tertiary/aromatic N) is 7.